The van der Waals surface area contributed by atoms with Gasteiger partial charge in [0.15, 0.2) is 0 Å². The van der Waals surface area contributed by atoms with Crippen molar-refractivity contribution < 1.29 is 4.39 Å². The fourth-order valence-electron chi connectivity index (χ4n) is 2.14. The van der Waals surface area contributed by atoms with Gasteiger partial charge in [0.2, 0.25) is 0 Å². The van der Waals surface area contributed by atoms with E-state index in [2.05, 4.69) is 46.3 Å². The lowest BCUT2D eigenvalue weighted by molar-refractivity contribution is 0.546. The lowest BCUT2D eigenvalue weighted by Crippen LogP contribution is -2.22. The van der Waals surface area contributed by atoms with Crippen LogP contribution in [0.5, 0.6) is 0 Å². The first-order valence-electron chi connectivity index (χ1n) is 6.32. The molecule has 2 rings (SSSR count). The van der Waals surface area contributed by atoms with Crippen LogP contribution in [-0.4, -0.2) is 6.54 Å². The fraction of sp³-hybridized carbons (Fsp3) is 0.333. The molecule has 1 nitrogen and oxygen atoms in total. The quantitative estimate of drug-likeness (QED) is 0.732. The number of aryl methyl sites for hydroxylation is 1. The van der Waals surface area contributed by atoms with Gasteiger partial charge in [0.05, 0.1) is 2.88 Å². The van der Waals surface area contributed by atoms with Crippen LogP contribution in [0.2, 0.25) is 0 Å². The molecule has 1 N–H and O–H groups in total. The van der Waals surface area contributed by atoms with Crippen molar-refractivity contribution in [1.29, 1.82) is 0 Å². The van der Waals surface area contributed by atoms with E-state index in [1.165, 1.54) is 14.5 Å². The van der Waals surface area contributed by atoms with E-state index in [0.29, 0.717) is 0 Å². The van der Waals surface area contributed by atoms with Crippen LogP contribution in [0.1, 0.15) is 29.7 Å². The van der Waals surface area contributed by atoms with E-state index in [1.54, 1.807) is 17.4 Å². The lowest BCUT2D eigenvalue weighted by atomic mass is 9.97. The van der Waals surface area contributed by atoms with Crippen molar-refractivity contribution in [1.82, 2.24) is 5.32 Å². The van der Waals surface area contributed by atoms with E-state index in [1.807, 2.05) is 13.0 Å². The summed E-state index contributed by atoms with van der Waals surface area (Å²) in [6, 6.07) is 7.48. The Labute approximate surface area is 131 Å². The van der Waals surface area contributed by atoms with Crippen LogP contribution in [0, 0.1) is 15.6 Å². The van der Waals surface area contributed by atoms with E-state index < -0.39 is 0 Å². The molecule has 0 saturated carbocycles. The summed E-state index contributed by atoms with van der Waals surface area (Å²) >= 11 is 4.09. The number of halogens is 2. The third-order valence-electron chi connectivity index (χ3n) is 3.18. The van der Waals surface area contributed by atoms with Crippen LogP contribution in [0.4, 0.5) is 4.39 Å². The van der Waals surface area contributed by atoms with E-state index in [4.69, 9.17) is 0 Å². The molecule has 0 aliphatic carbocycles. The highest BCUT2D eigenvalue weighted by Gasteiger charge is 2.14. The van der Waals surface area contributed by atoms with Gasteiger partial charge < -0.3 is 5.32 Å². The largest absolute Gasteiger partial charge is 0.310 e. The smallest absolute Gasteiger partial charge is 0.123 e. The normalized spacial score (nSPS) is 12.6. The minimum atomic E-state index is -0.157. The van der Waals surface area contributed by atoms with Gasteiger partial charge in [-0.15, -0.1) is 11.3 Å². The zero-order chi connectivity index (χ0) is 13.8. The Bertz CT molecular complexity index is 553. The molecule has 0 aliphatic rings. The maximum Gasteiger partial charge on any atom is 0.123 e. The number of thiophene rings is 1. The number of hydrogen-bond acceptors (Lipinski definition) is 2. The molecule has 1 aromatic heterocycles. The summed E-state index contributed by atoms with van der Waals surface area (Å²) < 4.78 is 14.7. The zero-order valence-electron chi connectivity index (χ0n) is 11.0. The Morgan fingerprint density at radius 3 is 2.79 bits per heavy atom. The Kier molecular flexibility index (Phi) is 5.36. The molecular weight excluding hydrogens is 372 g/mol. The summed E-state index contributed by atoms with van der Waals surface area (Å²) in [7, 11) is 0. The summed E-state index contributed by atoms with van der Waals surface area (Å²) in [5.41, 5.74) is 3.52. The molecule has 0 amide bonds. The van der Waals surface area contributed by atoms with Crippen molar-refractivity contribution in [3.05, 3.63) is 55.0 Å². The number of rotatable bonds is 5. The molecule has 4 heteroatoms. The molecule has 1 heterocycles. The first kappa shape index (κ1) is 14.9. The highest BCUT2D eigenvalue weighted by atomic mass is 127. The number of likely N-dealkylation sites (N-methyl/N-ethyl adjacent to an activating group) is 1. The molecule has 0 bridgehead atoms. The Morgan fingerprint density at radius 1 is 1.37 bits per heavy atom. The summed E-state index contributed by atoms with van der Waals surface area (Å²) in [5, 5.41) is 5.67. The molecule has 0 spiro atoms. The Balaban J connectivity index is 2.23. The van der Waals surface area contributed by atoms with E-state index in [-0.39, 0.29) is 11.9 Å². The first-order chi connectivity index (χ1) is 9.10. The molecule has 1 aromatic carbocycles. The Morgan fingerprint density at radius 2 is 2.16 bits per heavy atom. The highest BCUT2D eigenvalue weighted by Crippen LogP contribution is 2.26. The van der Waals surface area contributed by atoms with Gasteiger partial charge in [0.1, 0.15) is 5.82 Å². The van der Waals surface area contributed by atoms with Crippen molar-refractivity contribution in [3.8, 4) is 0 Å². The predicted molar refractivity (Wildman–Crippen MR) is 88.3 cm³/mol. The lowest BCUT2D eigenvalue weighted by Gasteiger charge is -2.18. The first-order valence-corrected chi connectivity index (χ1v) is 8.28. The average Bonchev–Trinajstić information content (AvgIpc) is 2.80. The second-order valence-electron chi connectivity index (χ2n) is 4.57. The van der Waals surface area contributed by atoms with Gasteiger partial charge in [-0.05, 0) is 82.7 Å². The highest BCUT2D eigenvalue weighted by molar-refractivity contribution is 14.1. The average molecular weight is 389 g/mol. The predicted octanol–water partition coefficient (Wildman–Crippen LogP) is 4.69. The van der Waals surface area contributed by atoms with Gasteiger partial charge in [-0.1, -0.05) is 13.0 Å². The molecule has 0 saturated heterocycles. The molecule has 1 atom stereocenters. The minimum absolute atomic E-state index is 0.157. The third-order valence-corrected chi connectivity index (χ3v) is 4.98. The van der Waals surface area contributed by atoms with E-state index >= 15 is 0 Å². The topological polar surface area (TPSA) is 12.0 Å². The van der Waals surface area contributed by atoms with Crippen LogP contribution < -0.4 is 5.32 Å². The molecule has 0 radical (unpaired) electrons. The minimum Gasteiger partial charge on any atom is -0.310 e. The van der Waals surface area contributed by atoms with Gasteiger partial charge in [-0.25, -0.2) is 4.39 Å². The van der Waals surface area contributed by atoms with Gasteiger partial charge in [-0.3, -0.25) is 0 Å². The molecule has 1 unspecified atom stereocenters. The number of benzene rings is 1. The third kappa shape index (κ3) is 4.00. The van der Waals surface area contributed by atoms with E-state index in [9.17, 15) is 4.39 Å². The van der Waals surface area contributed by atoms with Gasteiger partial charge in [0.25, 0.3) is 0 Å². The monoisotopic (exact) mass is 389 g/mol. The molecular formula is C15H17FINS. The summed E-state index contributed by atoms with van der Waals surface area (Å²) in [6.07, 6.45) is 0.824. The van der Waals surface area contributed by atoms with Crippen LogP contribution >= 0.6 is 33.9 Å². The van der Waals surface area contributed by atoms with Crippen LogP contribution in [0.25, 0.3) is 0 Å². The second kappa shape index (κ2) is 6.81. The summed E-state index contributed by atoms with van der Waals surface area (Å²) in [5.74, 6) is -0.157. The van der Waals surface area contributed by atoms with Crippen molar-refractivity contribution in [3.63, 3.8) is 0 Å². The van der Waals surface area contributed by atoms with Crippen LogP contribution in [0.15, 0.2) is 29.6 Å². The standard InChI is InChI=1S/C15H17FINS/c1-3-18-14(12-8-15(17)19-9-12)7-11-6-13(16)5-4-10(11)2/h4-6,8-9,14,18H,3,7H2,1-2H3. The van der Waals surface area contributed by atoms with E-state index in [0.717, 1.165) is 24.1 Å². The Hall–Kier alpha value is -0.460. The molecule has 102 valence electrons. The van der Waals surface area contributed by atoms with Gasteiger partial charge >= 0.3 is 0 Å². The summed E-state index contributed by atoms with van der Waals surface area (Å²) in [6.45, 7) is 5.05. The van der Waals surface area contributed by atoms with Crippen molar-refractivity contribution >= 4 is 33.9 Å². The number of nitrogens with one attached hydrogen (secondary N) is 1. The van der Waals surface area contributed by atoms with Gasteiger partial charge in [0, 0.05) is 6.04 Å². The van der Waals surface area contributed by atoms with Crippen molar-refractivity contribution in [2.75, 3.05) is 6.54 Å². The maximum absolute atomic E-state index is 13.4. The van der Waals surface area contributed by atoms with Crippen molar-refractivity contribution in [2.24, 2.45) is 0 Å². The molecule has 2 aromatic rings. The molecule has 0 fully saturated rings. The second-order valence-corrected chi connectivity index (χ2v) is 7.37. The summed E-state index contributed by atoms with van der Waals surface area (Å²) in [4.78, 5) is 0. The molecule has 0 aliphatic heterocycles. The van der Waals surface area contributed by atoms with Crippen LogP contribution in [0.3, 0.4) is 0 Å². The van der Waals surface area contributed by atoms with Gasteiger partial charge in [-0.2, -0.15) is 0 Å². The number of hydrogen-bond donors (Lipinski definition) is 1. The molecule has 19 heavy (non-hydrogen) atoms. The fourth-order valence-corrected chi connectivity index (χ4v) is 3.57. The van der Waals surface area contributed by atoms with Crippen LogP contribution in [-0.2, 0) is 6.42 Å². The SMILES string of the molecule is CCNC(Cc1cc(F)ccc1C)c1csc(I)c1. The zero-order valence-corrected chi connectivity index (χ0v) is 14.0. The maximum atomic E-state index is 13.4. The van der Waals surface area contributed by atoms with Crippen molar-refractivity contribution in [2.45, 2.75) is 26.3 Å².